The maximum atomic E-state index is 12.3. The monoisotopic (exact) mass is 1370 g/mol. The number of Topliss-reactive ketones (excluding diaryl/α,β-unsaturated/α-hetero) is 10. The molecule has 0 unspecified atom stereocenters. The molecule has 0 radical (unpaired) electrons. The first kappa shape index (κ1) is 69.9. The topological polar surface area (TPSA) is 412 Å². The number of carbonyl (C=O) groups is 10. The average Bonchev–Trinajstić information content (AvgIpc) is 1.68. The third kappa shape index (κ3) is 12.3. The maximum absolute atomic E-state index is 12.3. The van der Waals surface area contributed by atoms with E-state index in [9.17, 15) is 63.2 Å². The number of benzene rings is 4. The number of nitro benzene ring substituents is 1. The number of rotatable bonds is 3. The van der Waals surface area contributed by atoms with Gasteiger partial charge in [-0.3, -0.25) is 63.0 Å². The largest absolute Gasteiger partial charge is 0.507 e. The molecule has 0 bridgehead atoms. The van der Waals surface area contributed by atoms with Crippen molar-refractivity contribution < 1.29 is 84.8 Å². The van der Waals surface area contributed by atoms with Gasteiger partial charge in [-0.15, -0.1) is 0 Å². The van der Waals surface area contributed by atoms with E-state index < -0.39 is 68.2 Å². The van der Waals surface area contributed by atoms with Gasteiger partial charge in [-0.2, -0.15) is 0 Å². The van der Waals surface area contributed by atoms with Crippen molar-refractivity contribution in [1.29, 1.82) is 0 Å². The van der Waals surface area contributed by atoms with Gasteiger partial charge in [0.1, 0.15) is 22.8 Å². The van der Waals surface area contributed by atoms with E-state index in [2.05, 4.69) is 29.9 Å². The summed E-state index contributed by atoms with van der Waals surface area (Å²) in [5.41, 5.74) is 7.21. The zero-order valence-corrected chi connectivity index (χ0v) is 57.2. The standard InChI is InChI=1S/C16H15NO4.C15H12N2O5.C15H14N2O3.C15H13NO4.C13H10N2O3/c1-16(2,3)15-17-11-13(19)12(18)10-8(14(11)21-15)6-5-7-9(10)20-4;1-15(2,3)14-16-10-12(19)11(18)7-5-4-6-8(17(20)21)9(7)13(10)22-14;1-15(2,3)14-17-10-12(19)11(18)7-5-4-6-8(16)9(7)13(10)20-14;1-15(2,3)14-16-10-12(19)11(18)9-7(13(10)20-14)5-4-6-8(9)17;1-6(2)13-15-9-11(17)10(16)8-7(12(9)18-13)4-3-5-14-8/h5-7H,1-4H3;4-6H,1-3H3;4-6H,16H2,1-3H3;4-6,17H,1-3H3;3-6H,1-2H3. The Morgan fingerprint density at radius 2 is 0.782 bits per heavy atom. The molecule has 4 aromatic carbocycles. The fourth-order valence-electron chi connectivity index (χ4n) is 10.9. The van der Waals surface area contributed by atoms with Crippen LogP contribution in [0.25, 0.3) is 56.6 Å². The van der Waals surface area contributed by atoms with Crippen LogP contribution in [0.4, 0.5) is 11.4 Å². The van der Waals surface area contributed by atoms with Crippen molar-refractivity contribution in [3.8, 4) is 68.1 Å². The molecular formula is C74H64N8O19. The van der Waals surface area contributed by atoms with Gasteiger partial charge in [0.05, 0.1) is 28.7 Å². The first-order chi connectivity index (χ1) is 47.3. The number of phenols is 1. The summed E-state index contributed by atoms with van der Waals surface area (Å²) < 4.78 is 33.6. The molecule has 0 saturated heterocycles. The Hall–Kier alpha value is -12.4. The van der Waals surface area contributed by atoms with Crippen LogP contribution in [0.15, 0.2) is 113 Å². The summed E-state index contributed by atoms with van der Waals surface area (Å²) in [6.45, 7) is 26.6. The predicted molar refractivity (Wildman–Crippen MR) is 359 cm³/mol. The number of oxazole rings is 5. The summed E-state index contributed by atoms with van der Waals surface area (Å²) >= 11 is 0. The molecule has 0 aliphatic heterocycles. The lowest BCUT2D eigenvalue weighted by atomic mass is 9.90. The van der Waals surface area contributed by atoms with Crippen molar-refractivity contribution in [2.24, 2.45) is 0 Å². The van der Waals surface area contributed by atoms with Crippen molar-refractivity contribution >= 4 is 69.2 Å². The summed E-state index contributed by atoms with van der Waals surface area (Å²) in [6.07, 6.45) is 1.48. The minimum absolute atomic E-state index is 0.00294. The lowest BCUT2D eigenvalue weighted by Gasteiger charge is -2.15. The van der Waals surface area contributed by atoms with Gasteiger partial charge < -0.3 is 37.7 Å². The minimum atomic E-state index is -0.806. The van der Waals surface area contributed by atoms with E-state index in [1.165, 1.54) is 37.6 Å². The molecule has 101 heavy (non-hydrogen) atoms. The normalized spacial score (nSPS) is 13.9. The first-order valence-electron chi connectivity index (χ1n) is 31.4. The molecule has 3 N–H and O–H groups in total. The molecule has 15 rings (SSSR count). The van der Waals surface area contributed by atoms with Gasteiger partial charge in [0.15, 0.2) is 63.2 Å². The number of carbonyl (C=O) groups excluding carboxylic acids is 10. The highest BCUT2D eigenvalue weighted by molar-refractivity contribution is 6.55. The van der Waals surface area contributed by atoms with Crippen LogP contribution in [-0.2, 0) is 21.7 Å². The summed E-state index contributed by atoms with van der Waals surface area (Å²) in [6, 6.07) is 22.1. The number of fused-ring (bicyclic) bond motifs is 15. The number of hydrogen-bond acceptors (Lipinski definition) is 26. The van der Waals surface area contributed by atoms with E-state index in [-0.39, 0.29) is 113 Å². The number of nitrogens with zero attached hydrogens (tertiary/aromatic N) is 7. The molecule has 0 spiro atoms. The van der Waals surface area contributed by atoms with E-state index in [0.717, 1.165) is 0 Å². The molecule has 5 aliphatic carbocycles. The Morgan fingerprint density at radius 3 is 1.27 bits per heavy atom. The fraction of sp³-hybridized carbons (Fsp3) is 0.270. The number of anilines is 1. The Labute approximate surface area is 574 Å². The molecule has 6 heterocycles. The van der Waals surface area contributed by atoms with Crippen molar-refractivity contribution in [3.05, 3.63) is 187 Å². The molecule has 27 nitrogen and oxygen atoms in total. The lowest BCUT2D eigenvalue weighted by molar-refractivity contribution is -0.384. The SMILES string of the molecule is CC(C)(C)c1nc2c(o1)-c1c(N)cccc1C(=O)C2=O.CC(C)(C)c1nc2c(o1)-c1c(cccc1[N+](=O)[O-])C(=O)C2=O.CC(C)(C)c1nc2c(o1)-c1cccc(O)c1C(=O)C2=O.CC(C)c1nc2c(o1)-c1cccnc1C(=O)C2=O.COc1cccc2c1C(=O)C(=O)c1nc(C(C)(C)C)oc1-2. The van der Waals surface area contributed by atoms with Gasteiger partial charge in [-0.05, 0) is 36.4 Å². The van der Waals surface area contributed by atoms with E-state index in [1.54, 1.807) is 60.7 Å². The number of phenolic OH excluding ortho intramolecular Hbond substituents is 1. The minimum Gasteiger partial charge on any atom is -0.507 e. The second-order valence-corrected chi connectivity index (χ2v) is 28.2. The average molecular weight is 1370 g/mol. The molecule has 0 atom stereocenters. The molecule has 27 heteroatoms. The number of ketones is 10. The summed E-state index contributed by atoms with van der Waals surface area (Å²) in [5.74, 6) is -3.46. The Kier molecular flexibility index (Phi) is 17.4. The van der Waals surface area contributed by atoms with Crippen LogP contribution in [0.1, 0.15) is 237 Å². The third-order valence-corrected chi connectivity index (χ3v) is 16.1. The molecule has 6 aromatic heterocycles. The summed E-state index contributed by atoms with van der Waals surface area (Å²) in [4.78, 5) is 156. The molecule has 0 saturated carbocycles. The van der Waals surface area contributed by atoms with Crippen molar-refractivity contribution in [2.45, 2.75) is 125 Å². The third-order valence-electron chi connectivity index (χ3n) is 16.1. The highest BCUT2D eigenvalue weighted by Gasteiger charge is 2.45. The van der Waals surface area contributed by atoms with Crippen molar-refractivity contribution in [3.63, 3.8) is 0 Å². The van der Waals surface area contributed by atoms with E-state index >= 15 is 0 Å². The molecule has 10 aromatic rings. The number of methoxy groups -OCH3 is 1. The first-order valence-corrected chi connectivity index (χ1v) is 31.4. The van der Waals surface area contributed by atoms with E-state index in [1.807, 2.05) is 96.9 Å². The van der Waals surface area contributed by atoms with E-state index in [4.69, 9.17) is 32.6 Å². The van der Waals surface area contributed by atoms with Crippen LogP contribution in [-0.4, -0.2) is 105 Å². The quantitative estimate of drug-likeness (QED) is 0.0718. The zero-order valence-electron chi connectivity index (χ0n) is 57.2. The van der Waals surface area contributed by atoms with Gasteiger partial charge in [0.25, 0.3) is 40.4 Å². The highest BCUT2D eigenvalue weighted by Crippen LogP contribution is 2.46. The Balaban J connectivity index is 0.000000127. The number of nitro groups is 1. The van der Waals surface area contributed by atoms with E-state index in [0.29, 0.717) is 74.5 Å². The fourth-order valence-corrected chi connectivity index (χ4v) is 10.9. The predicted octanol–water partition coefficient (Wildman–Crippen LogP) is 13.5. The van der Waals surface area contributed by atoms with Crippen LogP contribution in [0.2, 0.25) is 0 Å². The smallest absolute Gasteiger partial charge is 0.281 e. The Morgan fingerprint density at radius 1 is 0.416 bits per heavy atom. The van der Waals surface area contributed by atoms with Crippen molar-refractivity contribution in [1.82, 2.24) is 29.9 Å². The molecule has 0 amide bonds. The maximum Gasteiger partial charge on any atom is 0.281 e. The lowest BCUT2D eigenvalue weighted by Crippen LogP contribution is -2.22. The van der Waals surface area contributed by atoms with Gasteiger partial charge in [-0.25, -0.2) is 24.9 Å². The molecule has 0 fully saturated rings. The number of aromatic hydroxyl groups is 1. The number of pyridine rings is 1. The zero-order chi connectivity index (χ0) is 73.8. The molecule has 5 aliphatic rings. The van der Waals surface area contributed by atoms with Gasteiger partial charge in [0.2, 0.25) is 46.7 Å². The van der Waals surface area contributed by atoms with Crippen molar-refractivity contribution in [2.75, 3.05) is 12.8 Å². The molecular weight excluding hydrogens is 1300 g/mol. The van der Waals surface area contributed by atoms with Gasteiger partial charge >= 0.3 is 0 Å². The van der Waals surface area contributed by atoms with Crippen LogP contribution in [0, 0.1) is 10.1 Å². The number of hydrogen-bond donors (Lipinski definition) is 2. The molecule has 514 valence electrons. The number of nitrogens with two attached hydrogens (primary N) is 1. The number of aromatic nitrogens is 6. The van der Waals surface area contributed by atoms with Crippen LogP contribution < -0.4 is 10.5 Å². The van der Waals surface area contributed by atoms with Crippen LogP contribution in [0.3, 0.4) is 0 Å². The summed E-state index contributed by atoms with van der Waals surface area (Å²) in [7, 11) is 1.46. The van der Waals surface area contributed by atoms with Crippen LogP contribution >= 0.6 is 0 Å². The second-order valence-electron chi connectivity index (χ2n) is 28.2. The Bertz CT molecular complexity index is 5290. The number of nitrogen functional groups attached to an aromatic ring is 1. The van der Waals surface area contributed by atoms with Crippen LogP contribution in [0.5, 0.6) is 11.5 Å². The summed E-state index contributed by atoms with van der Waals surface area (Å²) in [5, 5.41) is 21.0. The van der Waals surface area contributed by atoms with Gasteiger partial charge in [0, 0.05) is 73.3 Å². The van der Waals surface area contributed by atoms with Gasteiger partial charge in [-0.1, -0.05) is 139 Å². The highest BCUT2D eigenvalue weighted by atomic mass is 16.6. The number of ether oxygens (including phenoxy) is 1. The second kappa shape index (κ2) is 25.1.